The first-order valence-corrected chi connectivity index (χ1v) is 9.74. The molecule has 2 aromatic carbocycles. The molecule has 0 bridgehead atoms. The van der Waals surface area contributed by atoms with Gasteiger partial charge in [-0.05, 0) is 37.9 Å². The second-order valence-electron chi connectivity index (χ2n) is 7.17. The van der Waals surface area contributed by atoms with Crippen LogP contribution < -0.4 is 10.6 Å². The van der Waals surface area contributed by atoms with Gasteiger partial charge in [0.1, 0.15) is 12.1 Å². The molecule has 2 N–H and O–H groups in total. The van der Waals surface area contributed by atoms with E-state index in [1.807, 2.05) is 73.6 Å². The van der Waals surface area contributed by atoms with Crippen LogP contribution in [0.25, 0.3) is 10.9 Å². The van der Waals surface area contributed by atoms with Crippen LogP contribution >= 0.6 is 0 Å². The number of aromatic nitrogens is 2. The molecule has 1 atom stereocenters. The summed E-state index contributed by atoms with van der Waals surface area (Å²) in [7, 11) is 5.58. The first-order chi connectivity index (χ1) is 14.6. The summed E-state index contributed by atoms with van der Waals surface area (Å²) in [5, 5.41) is 7.17. The van der Waals surface area contributed by atoms with Gasteiger partial charge in [-0.3, -0.25) is 4.79 Å². The van der Waals surface area contributed by atoms with Crippen LogP contribution in [0.1, 0.15) is 11.6 Å². The van der Waals surface area contributed by atoms with Crippen LogP contribution in [0.15, 0.2) is 67.0 Å². The lowest BCUT2D eigenvalue weighted by atomic mass is 10.1. The fraction of sp³-hybridized carbons (Fsp3) is 0.261. The van der Waals surface area contributed by atoms with Gasteiger partial charge in [0.05, 0.1) is 18.2 Å². The molecule has 0 spiro atoms. The predicted molar refractivity (Wildman–Crippen MR) is 121 cm³/mol. The second kappa shape index (κ2) is 10.5. The molecule has 1 aromatic heterocycles. The van der Waals surface area contributed by atoms with Crippen molar-refractivity contribution in [3.05, 3.63) is 72.6 Å². The zero-order chi connectivity index (χ0) is 21.3. The normalized spacial score (nSPS) is 12.4. The van der Waals surface area contributed by atoms with E-state index < -0.39 is 0 Å². The monoisotopic (exact) mass is 405 g/mol. The number of anilines is 2. The van der Waals surface area contributed by atoms with E-state index in [1.54, 1.807) is 7.11 Å². The molecule has 0 radical (unpaired) electrons. The van der Waals surface area contributed by atoms with Gasteiger partial charge in [0, 0.05) is 30.8 Å². The molecule has 0 fully saturated rings. The van der Waals surface area contributed by atoms with Crippen LogP contribution in [-0.2, 0) is 9.53 Å². The molecule has 0 saturated carbocycles. The lowest BCUT2D eigenvalue weighted by molar-refractivity contribution is -0.111. The predicted octanol–water partition coefficient (Wildman–Crippen LogP) is 3.49. The molecular formula is C23H27N5O2. The Labute approximate surface area is 176 Å². The third kappa shape index (κ3) is 5.85. The summed E-state index contributed by atoms with van der Waals surface area (Å²) in [4.78, 5) is 22.9. The Morgan fingerprint density at radius 1 is 1.17 bits per heavy atom. The number of ether oxygens (including phenoxy) is 1. The number of methoxy groups -OCH3 is 1. The van der Waals surface area contributed by atoms with Crippen molar-refractivity contribution < 1.29 is 9.53 Å². The highest BCUT2D eigenvalue weighted by Crippen LogP contribution is 2.26. The number of nitrogens with one attached hydrogen (secondary N) is 2. The van der Waals surface area contributed by atoms with E-state index in [0.717, 1.165) is 16.5 Å². The minimum Gasteiger partial charge on any atom is -0.382 e. The zero-order valence-corrected chi connectivity index (χ0v) is 17.5. The molecule has 0 unspecified atom stereocenters. The Hall–Kier alpha value is -3.29. The number of carbonyl (C=O) groups is 1. The molecule has 7 nitrogen and oxygen atoms in total. The molecule has 30 heavy (non-hydrogen) atoms. The molecule has 0 aliphatic heterocycles. The van der Waals surface area contributed by atoms with Crippen molar-refractivity contribution >= 4 is 28.3 Å². The minimum absolute atomic E-state index is 0.0680. The van der Waals surface area contributed by atoms with Gasteiger partial charge in [0.25, 0.3) is 0 Å². The highest BCUT2D eigenvalue weighted by molar-refractivity contribution is 6.01. The van der Waals surface area contributed by atoms with Crippen molar-refractivity contribution in [3.8, 4) is 0 Å². The Morgan fingerprint density at radius 3 is 2.70 bits per heavy atom. The molecule has 156 valence electrons. The summed E-state index contributed by atoms with van der Waals surface area (Å²) < 4.78 is 5.40. The lowest BCUT2D eigenvalue weighted by Gasteiger charge is -2.20. The minimum atomic E-state index is -0.177. The smallest absolute Gasteiger partial charge is 0.248 e. The number of rotatable bonds is 9. The second-order valence-corrected chi connectivity index (χ2v) is 7.17. The third-order valence-corrected chi connectivity index (χ3v) is 4.49. The number of hydrogen-bond acceptors (Lipinski definition) is 6. The van der Waals surface area contributed by atoms with Gasteiger partial charge >= 0.3 is 0 Å². The van der Waals surface area contributed by atoms with Crippen molar-refractivity contribution in [2.24, 2.45) is 0 Å². The SMILES string of the molecule is COC[C@@H](Nc1ncnc2ccc(NC(=O)C=CCN(C)C)cc12)c1ccccc1. The third-order valence-electron chi connectivity index (χ3n) is 4.49. The fourth-order valence-electron chi connectivity index (χ4n) is 3.04. The first kappa shape index (κ1) is 21.4. The van der Waals surface area contributed by atoms with E-state index in [0.29, 0.717) is 24.7 Å². The van der Waals surface area contributed by atoms with Crippen LogP contribution in [-0.4, -0.2) is 55.1 Å². The van der Waals surface area contributed by atoms with E-state index in [1.165, 1.54) is 12.4 Å². The van der Waals surface area contributed by atoms with E-state index in [2.05, 4.69) is 20.6 Å². The van der Waals surface area contributed by atoms with Crippen LogP contribution in [0.3, 0.4) is 0 Å². The Morgan fingerprint density at radius 2 is 1.97 bits per heavy atom. The average molecular weight is 406 g/mol. The maximum atomic E-state index is 12.2. The maximum absolute atomic E-state index is 12.2. The first-order valence-electron chi connectivity index (χ1n) is 9.74. The topological polar surface area (TPSA) is 79.4 Å². The van der Waals surface area contributed by atoms with Crippen LogP contribution in [0.5, 0.6) is 0 Å². The summed E-state index contributed by atoms with van der Waals surface area (Å²) in [5.41, 5.74) is 2.57. The van der Waals surface area contributed by atoms with Crippen molar-refractivity contribution in [1.29, 1.82) is 0 Å². The number of nitrogens with zero attached hydrogens (tertiary/aromatic N) is 3. The van der Waals surface area contributed by atoms with Crippen molar-refractivity contribution in [2.75, 3.05) is 45.0 Å². The molecule has 1 heterocycles. The zero-order valence-electron chi connectivity index (χ0n) is 17.5. The lowest BCUT2D eigenvalue weighted by Crippen LogP contribution is -2.17. The quantitative estimate of drug-likeness (QED) is 0.531. The van der Waals surface area contributed by atoms with Crippen molar-refractivity contribution in [2.45, 2.75) is 6.04 Å². The summed E-state index contributed by atoms with van der Waals surface area (Å²) in [5.74, 6) is 0.509. The standard InChI is InChI=1S/C23H27N5O2/c1-28(2)13-7-10-22(29)26-18-11-12-20-19(14-18)23(25-16-24-20)27-21(15-30-3)17-8-5-4-6-9-17/h4-12,14,16,21H,13,15H2,1-3H3,(H,26,29)(H,24,25,27)/t21-/m1/s1. The number of likely N-dealkylation sites (N-methyl/N-ethyl adjacent to an activating group) is 1. The highest BCUT2D eigenvalue weighted by atomic mass is 16.5. The van der Waals surface area contributed by atoms with E-state index >= 15 is 0 Å². The molecule has 1 amide bonds. The summed E-state index contributed by atoms with van der Waals surface area (Å²) in [6.45, 7) is 1.19. The molecule has 7 heteroatoms. The molecular weight excluding hydrogens is 378 g/mol. The largest absolute Gasteiger partial charge is 0.382 e. The van der Waals surface area contributed by atoms with E-state index in [9.17, 15) is 4.79 Å². The van der Waals surface area contributed by atoms with Crippen LogP contribution in [0.2, 0.25) is 0 Å². The molecule has 3 rings (SSSR count). The number of hydrogen-bond donors (Lipinski definition) is 2. The number of benzene rings is 2. The van der Waals surface area contributed by atoms with Gasteiger partial charge in [-0.25, -0.2) is 9.97 Å². The summed E-state index contributed by atoms with van der Waals surface area (Å²) >= 11 is 0. The number of fused-ring (bicyclic) bond motifs is 1. The number of carbonyl (C=O) groups excluding carboxylic acids is 1. The molecule has 0 aliphatic carbocycles. The Kier molecular flexibility index (Phi) is 7.48. The summed E-state index contributed by atoms with van der Waals surface area (Å²) in [6, 6.07) is 15.6. The van der Waals surface area contributed by atoms with Crippen LogP contribution in [0, 0.1) is 0 Å². The van der Waals surface area contributed by atoms with Gasteiger partial charge < -0.3 is 20.3 Å². The van der Waals surface area contributed by atoms with Gasteiger partial charge in [0.2, 0.25) is 5.91 Å². The molecule has 3 aromatic rings. The molecule has 0 saturated heterocycles. The van der Waals surface area contributed by atoms with Crippen LogP contribution in [0.4, 0.5) is 11.5 Å². The number of amides is 1. The van der Waals surface area contributed by atoms with E-state index in [4.69, 9.17) is 4.74 Å². The van der Waals surface area contributed by atoms with Crippen molar-refractivity contribution in [1.82, 2.24) is 14.9 Å². The van der Waals surface area contributed by atoms with Gasteiger partial charge in [-0.1, -0.05) is 36.4 Å². The average Bonchev–Trinajstić information content (AvgIpc) is 2.74. The summed E-state index contributed by atoms with van der Waals surface area (Å²) in [6.07, 6.45) is 4.89. The maximum Gasteiger partial charge on any atom is 0.248 e. The van der Waals surface area contributed by atoms with Crippen molar-refractivity contribution in [3.63, 3.8) is 0 Å². The van der Waals surface area contributed by atoms with E-state index in [-0.39, 0.29) is 11.9 Å². The fourth-order valence-corrected chi connectivity index (χ4v) is 3.04. The van der Waals surface area contributed by atoms with Gasteiger partial charge in [0.15, 0.2) is 0 Å². The molecule has 0 aliphatic rings. The Balaban J connectivity index is 1.84. The van der Waals surface area contributed by atoms with Gasteiger partial charge in [-0.2, -0.15) is 0 Å². The highest BCUT2D eigenvalue weighted by Gasteiger charge is 2.14. The Bertz CT molecular complexity index is 1000. The van der Waals surface area contributed by atoms with Gasteiger partial charge in [-0.15, -0.1) is 0 Å².